The lowest BCUT2D eigenvalue weighted by atomic mass is 9.71. The van der Waals surface area contributed by atoms with Gasteiger partial charge in [-0.1, -0.05) is 18.2 Å². The van der Waals surface area contributed by atoms with Gasteiger partial charge >= 0.3 is 0 Å². The first kappa shape index (κ1) is 16.1. The fourth-order valence-electron chi connectivity index (χ4n) is 3.94. The van der Waals surface area contributed by atoms with Crippen LogP contribution in [0.15, 0.2) is 55.1 Å². The van der Waals surface area contributed by atoms with Gasteiger partial charge in [0.15, 0.2) is 0 Å². The molecule has 3 aromatic rings. The van der Waals surface area contributed by atoms with Crippen LogP contribution >= 0.6 is 0 Å². The van der Waals surface area contributed by atoms with Gasteiger partial charge in [0.25, 0.3) is 0 Å². The number of hydrogen-bond acceptors (Lipinski definition) is 4. The van der Waals surface area contributed by atoms with Crippen LogP contribution in [-0.2, 0) is 13.0 Å². The molecule has 0 unspecified atom stereocenters. The Morgan fingerprint density at radius 1 is 1.04 bits per heavy atom. The van der Waals surface area contributed by atoms with E-state index in [9.17, 15) is 5.26 Å². The number of nitrogens with zero attached hydrogens (tertiary/aromatic N) is 5. The second-order valence-electron chi connectivity index (χ2n) is 6.63. The van der Waals surface area contributed by atoms with Crippen LogP contribution in [0.5, 0.6) is 0 Å². The summed E-state index contributed by atoms with van der Waals surface area (Å²) in [4.78, 5) is 4.06. The first-order valence-electron chi connectivity index (χ1n) is 8.64. The average molecular weight is 339 g/mol. The average Bonchev–Trinajstić information content (AvgIpc) is 3.21. The summed E-state index contributed by atoms with van der Waals surface area (Å²) in [5, 5.41) is 22.5. The molecule has 0 saturated carbocycles. The number of aromatic nitrogens is 3. The molecule has 0 amide bonds. The summed E-state index contributed by atoms with van der Waals surface area (Å²) in [6.45, 7) is 0.740. The lowest BCUT2D eigenvalue weighted by Crippen LogP contribution is -2.24. The molecule has 2 aromatic carbocycles. The minimum atomic E-state index is 0.251. The van der Waals surface area contributed by atoms with Gasteiger partial charge in [0, 0.05) is 5.92 Å². The van der Waals surface area contributed by atoms with Crippen molar-refractivity contribution in [3.63, 3.8) is 0 Å². The molecule has 4 rings (SSSR count). The second-order valence-corrected chi connectivity index (χ2v) is 6.63. The first-order chi connectivity index (χ1) is 12.8. The first-order valence-corrected chi connectivity index (χ1v) is 8.64. The molecule has 1 aliphatic carbocycles. The number of rotatable bonds is 3. The van der Waals surface area contributed by atoms with E-state index >= 15 is 0 Å². The topological polar surface area (TPSA) is 78.3 Å². The Hall–Kier alpha value is -3.44. The van der Waals surface area contributed by atoms with Gasteiger partial charge in [0.1, 0.15) is 12.7 Å². The zero-order valence-corrected chi connectivity index (χ0v) is 14.2. The monoisotopic (exact) mass is 339 g/mol. The summed E-state index contributed by atoms with van der Waals surface area (Å²) in [6.07, 6.45) is 5.25. The number of aryl methyl sites for hydroxylation is 1. The van der Waals surface area contributed by atoms with Gasteiger partial charge in [-0.3, -0.25) is 4.68 Å². The van der Waals surface area contributed by atoms with E-state index in [2.05, 4.69) is 40.4 Å². The lowest BCUT2D eigenvalue weighted by Gasteiger charge is -2.34. The number of fused-ring (bicyclic) bond motifs is 1. The van der Waals surface area contributed by atoms with Crippen molar-refractivity contribution in [2.75, 3.05) is 0 Å². The normalized spacial score (nSPS) is 18.5. The summed E-state index contributed by atoms with van der Waals surface area (Å²) < 4.78 is 1.87. The van der Waals surface area contributed by atoms with Crippen LogP contribution in [0.3, 0.4) is 0 Å². The third kappa shape index (κ3) is 2.96. The maximum Gasteiger partial charge on any atom is 0.137 e. The largest absolute Gasteiger partial charge is 0.252 e. The van der Waals surface area contributed by atoms with Crippen molar-refractivity contribution in [3.8, 4) is 12.1 Å². The van der Waals surface area contributed by atoms with Crippen molar-refractivity contribution in [2.24, 2.45) is 0 Å². The molecule has 0 radical (unpaired) electrons. The van der Waals surface area contributed by atoms with Crippen LogP contribution in [0.1, 0.15) is 46.1 Å². The van der Waals surface area contributed by atoms with Gasteiger partial charge in [0.05, 0.1) is 29.8 Å². The highest BCUT2D eigenvalue weighted by Crippen LogP contribution is 2.43. The van der Waals surface area contributed by atoms with Gasteiger partial charge in [0.2, 0.25) is 0 Å². The van der Waals surface area contributed by atoms with E-state index in [1.165, 1.54) is 16.7 Å². The molecule has 126 valence electrons. The minimum Gasteiger partial charge on any atom is -0.252 e. The standard InChI is InChI=1S/C21H17N5/c22-10-15-1-4-17(5-2-15)19-8-6-18-9-16(11-23)3-7-20(18)21(19)12-26-14-24-13-25-26/h1-5,7,9,13-14,19,21H,6,8,12H2/t19-,21-/m1/s1. The third-order valence-corrected chi connectivity index (χ3v) is 5.20. The molecule has 0 bridgehead atoms. The minimum absolute atomic E-state index is 0.251. The molecule has 2 atom stereocenters. The highest BCUT2D eigenvalue weighted by atomic mass is 15.3. The van der Waals surface area contributed by atoms with E-state index in [1.54, 1.807) is 12.7 Å². The van der Waals surface area contributed by atoms with Crippen molar-refractivity contribution in [2.45, 2.75) is 31.2 Å². The van der Waals surface area contributed by atoms with Gasteiger partial charge in [-0.15, -0.1) is 0 Å². The Balaban J connectivity index is 1.75. The van der Waals surface area contributed by atoms with Crippen molar-refractivity contribution in [1.82, 2.24) is 14.8 Å². The van der Waals surface area contributed by atoms with E-state index in [-0.39, 0.29) is 5.92 Å². The van der Waals surface area contributed by atoms with E-state index in [0.717, 1.165) is 19.4 Å². The van der Waals surface area contributed by atoms with E-state index in [1.807, 2.05) is 28.9 Å². The molecule has 0 aliphatic heterocycles. The summed E-state index contributed by atoms with van der Waals surface area (Å²) in [5.74, 6) is 0.591. The predicted octanol–water partition coefficient (Wildman–Crippen LogP) is 3.54. The Bertz CT molecular complexity index is 990. The van der Waals surface area contributed by atoms with Gasteiger partial charge in [-0.05, 0) is 59.7 Å². The maximum absolute atomic E-state index is 9.19. The van der Waals surface area contributed by atoms with Gasteiger partial charge in [-0.2, -0.15) is 15.6 Å². The Labute approximate surface area is 152 Å². The lowest BCUT2D eigenvalue weighted by molar-refractivity contribution is 0.405. The molecule has 1 aromatic heterocycles. The predicted molar refractivity (Wildman–Crippen MR) is 96.1 cm³/mol. The Kier molecular flexibility index (Phi) is 4.21. The molecule has 0 saturated heterocycles. The number of nitriles is 2. The SMILES string of the molecule is N#Cc1ccc([C@H]2CCc3cc(C#N)ccc3[C@@H]2Cn2cncn2)cc1. The van der Waals surface area contributed by atoms with Crippen LogP contribution in [0, 0.1) is 22.7 Å². The molecule has 5 nitrogen and oxygen atoms in total. The Morgan fingerprint density at radius 3 is 2.50 bits per heavy atom. The van der Waals surface area contributed by atoms with Crippen molar-refractivity contribution < 1.29 is 0 Å². The quantitative estimate of drug-likeness (QED) is 0.731. The Morgan fingerprint density at radius 2 is 1.81 bits per heavy atom. The molecule has 26 heavy (non-hydrogen) atoms. The second kappa shape index (κ2) is 6.82. The van der Waals surface area contributed by atoms with Crippen LogP contribution in [0.25, 0.3) is 0 Å². The van der Waals surface area contributed by atoms with E-state index < -0.39 is 0 Å². The summed E-state index contributed by atoms with van der Waals surface area (Å²) >= 11 is 0. The van der Waals surface area contributed by atoms with Crippen molar-refractivity contribution in [3.05, 3.63) is 82.9 Å². The molecule has 0 fully saturated rings. The molecular formula is C21H17N5. The molecular weight excluding hydrogens is 322 g/mol. The number of hydrogen-bond donors (Lipinski definition) is 0. The molecule has 0 N–H and O–H groups in total. The maximum atomic E-state index is 9.19. The van der Waals surface area contributed by atoms with Crippen LogP contribution in [0.2, 0.25) is 0 Å². The fourth-order valence-corrected chi connectivity index (χ4v) is 3.94. The number of benzene rings is 2. The fraction of sp³-hybridized carbons (Fsp3) is 0.238. The molecule has 1 aliphatic rings. The van der Waals surface area contributed by atoms with Crippen LogP contribution in [-0.4, -0.2) is 14.8 Å². The highest BCUT2D eigenvalue weighted by molar-refractivity contribution is 5.44. The van der Waals surface area contributed by atoms with Crippen molar-refractivity contribution >= 4 is 0 Å². The van der Waals surface area contributed by atoms with Crippen LogP contribution < -0.4 is 0 Å². The van der Waals surface area contributed by atoms with Gasteiger partial charge < -0.3 is 0 Å². The van der Waals surface area contributed by atoms with E-state index in [4.69, 9.17) is 5.26 Å². The van der Waals surface area contributed by atoms with Crippen molar-refractivity contribution in [1.29, 1.82) is 10.5 Å². The summed E-state index contributed by atoms with van der Waals surface area (Å²) in [5.41, 5.74) is 5.15. The van der Waals surface area contributed by atoms with Gasteiger partial charge in [-0.25, -0.2) is 4.98 Å². The molecule has 0 spiro atoms. The van der Waals surface area contributed by atoms with E-state index in [0.29, 0.717) is 17.0 Å². The summed E-state index contributed by atoms with van der Waals surface area (Å²) in [6, 6.07) is 18.3. The smallest absolute Gasteiger partial charge is 0.137 e. The molecule has 5 heteroatoms. The third-order valence-electron chi connectivity index (χ3n) is 5.20. The summed E-state index contributed by atoms with van der Waals surface area (Å²) in [7, 11) is 0. The zero-order chi connectivity index (χ0) is 17.9. The highest BCUT2D eigenvalue weighted by Gasteiger charge is 2.31. The molecule has 1 heterocycles. The van der Waals surface area contributed by atoms with Crippen LogP contribution in [0.4, 0.5) is 0 Å². The zero-order valence-electron chi connectivity index (χ0n) is 14.2.